The SMILES string of the molecule is CNc1ncccc1CN1CCC[C@@H](c2cccc(Cc3ccccc3F)n2)C1. The Morgan fingerprint density at radius 1 is 1.07 bits per heavy atom. The van der Waals surface area contributed by atoms with Gasteiger partial charge in [0.2, 0.25) is 0 Å². The third-order valence-corrected chi connectivity index (χ3v) is 5.60. The second-order valence-electron chi connectivity index (χ2n) is 7.66. The maximum atomic E-state index is 14.0. The van der Waals surface area contributed by atoms with E-state index in [1.54, 1.807) is 6.07 Å². The topological polar surface area (TPSA) is 41.1 Å². The van der Waals surface area contributed by atoms with Crippen LogP contribution in [0.2, 0.25) is 0 Å². The van der Waals surface area contributed by atoms with Crippen LogP contribution in [0.5, 0.6) is 0 Å². The maximum Gasteiger partial charge on any atom is 0.130 e. The summed E-state index contributed by atoms with van der Waals surface area (Å²) in [6.45, 7) is 2.95. The fourth-order valence-electron chi connectivity index (χ4n) is 4.13. The molecule has 2 aromatic heterocycles. The van der Waals surface area contributed by atoms with E-state index in [0.29, 0.717) is 17.9 Å². The smallest absolute Gasteiger partial charge is 0.130 e. The van der Waals surface area contributed by atoms with Crippen LogP contribution in [-0.4, -0.2) is 35.0 Å². The molecule has 1 saturated heterocycles. The van der Waals surface area contributed by atoms with Crippen molar-refractivity contribution in [3.8, 4) is 0 Å². The van der Waals surface area contributed by atoms with E-state index in [2.05, 4.69) is 33.4 Å². The van der Waals surface area contributed by atoms with E-state index in [-0.39, 0.29) is 5.82 Å². The Hall–Kier alpha value is -2.79. The van der Waals surface area contributed by atoms with Crippen LogP contribution in [0.3, 0.4) is 0 Å². The second kappa shape index (κ2) is 9.14. The lowest BCUT2D eigenvalue weighted by atomic mass is 9.93. The number of benzene rings is 1. The summed E-state index contributed by atoms with van der Waals surface area (Å²) in [5, 5.41) is 3.18. The lowest BCUT2D eigenvalue weighted by molar-refractivity contribution is 0.198. The summed E-state index contributed by atoms with van der Waals surface area (Å²) in [6.07, 6.45) is 4.63. The first kappa shape index (κ1) is 19.5. The van der Waals surface area contributed by atoms with Crippen LogP contribution in [0.4, 0.5) is 10.2 Å². The molecular weight excluding hydrogens is 363 g/mol. The van der Waals surface area contributed by atoms with E-state index in [0.717, 1.165) is 49.7 Å². The molecule has 4 nitrogen and oxygen atoms in total. The van der Waals surface area contributed by atoms with Crippen molar-refractivity contribution in [2.45, 2.75) is 31.7 Å². The molecule has 3 aromatic rings. The molecule has 0 unspecified atom stereocenters. The molecule has 1 fully saturated rings. The highest BCUT2D eigenvalue weighted by atomic mass is 19.1. The molecule has 29 heavy (non-hydrogen) atoms. The Bertz CT molecular complexity index is 959. The number of nitrogens with zero attached hydrogens (tertiary/aromatic N) is 3. The Balaban J connectivity index is 1.46. The molecule has 1 N–H and O–H groups in total. The average Bonchev–Trinajstić information content (AvgIpc) is 2.76. The summed E-state index contributed by atoms with van der Waals surface area (Å²) in [5.74, 6) is 1.18. The first-order valence-electron chi connectivity index (χ1n) is 10.3. The summed E-state index contributed by atoms with van der Waals surface area (Å²) < 4.78 is 14.0. The first-order chi connectivity index (χ1) is 14.2. The molecule has 5 heteroatoms. The monoisotopic (exact) mass is 390 g/mol. The predicted octanol–water partition coefficient (Wildman–Crippen LogP) is 4.63. The highest BCUT2D eigenvalue weighted by molar-refractivity contribution is 5.42. The largest absolute Gasteiger partial charge is 0.373 e. The molecular formula is C24H27FN4. The zero-order chi connectivity index (χ0) is 20.1. The number of rotatable bonds is 6. The highest BCUT2D eigenvalue weighted by Crippen LogP contribution is 2.28. The molecule has 0 radical (unpaired) electrons. The van der Waals surface area contributed by atoms with Gasteiger partial charge in [-0.15, -0.1) is 0 Å². The van der Waals surface area contributed by atoms with Crippen molar-refractivity contribution in [1.29, 1.82) is 0 Å². The first-order valence-corrected chi connectivity index (χ1v) is 10.3. The lowest BCUT2D eigenvalue weighted by Crippen LogP contribution is -2.34. The van der Waals surface area contributed by atoms with Crippen molar-refractivity contribution in [3.05, 3.63) is 89.1 Å². The Morgan fingerprint density at radius 3 is 2.79 bits per heavy atom. The third kappa shape index (κ3) is 4.80. The number of halogens is 1. The minimum atomic E-state index is -0.166. The quantitative estimate of drug-likeness (QED) is 0.666. The number of hydrogen-bond acceptors (Lipinski definition) is 4. The van der Waals surface area contributed by atoms with Gasteiger partial charge < -0.3 is 5.32 Å². The van der Waals surface area contributed by atoms with Crippen LogP contribution in [0.25, 0.3) is 0 Å². The van der Waals surface area contributed by atoms with Crippen molar-refractivity contribution in [1.82, 2.24) is 14.9 Å². The second-order valence-corrected chi connectivity index (χ2v) is 7.66. The molecule has 150 valence electrons. The van der Waals surface area contributed by atoms with Crippen molar-refractivity contribution in [2.75, 3.05) is 25.5 Å². The molecule has 0 aliphatic carbocycles. The van der Waals surface area contributed by atoms with Gasteiger partial charge in [-0.05, 0) is 49.2 Å². The van der Waals surface area contributed by atoms with Gasteiger partial charge in [0, 0.05) is 55.6 Å². The molecule has 0 amide bonds. The van der Waals surface area contributed by atoms with Crippen LogP contribution in [-0.2, 0) is 13.0 Å². The lowest BCUT2D eigenvalue weighted by Gasteiger charge is -2.33. The third-order valence-electron chi connectivity index (χ3n) is 5.60. The van der Waals surface area contributed by atoms with Gasteiger partial charge in [-0.1, -0.05) is 30.3 Å². The molecule has 1 aliphatic heterocycles. The molecule has 1 atom stereocenters. The fraction of sp³-hybridized carbons (Fsp3) is 0.333. The standard InChI is InChI=1S/C24H27FN4/c1-26-24-20(8-5-13-27-24)17-29-14-6-9-19(16-29)23-12-4-10-21(28-23)15-18-7-2-3-11-22(18)25/h2-5,7-8,10-13,19H,6,9,14-17H2,1H3,(H,26,27)/t19-/m1/s1. The van der Waals surface area contributed by atoms with Gasteiger partial charge in [-0.3, -0.25) is 9.88 Å². The van der Waals surface area contributed by atoms with Crippen molar-refractivity contribution in [2.24, 2.45) is 0 Å². The Labute approximate surface area is 171 Å². The van der Waals surface area contributed by atoms with E-state index < -0.39 is 0 Å². The molecule has 0 bridgehead atoms. The predicted molar refractivity (Wildman–Crippen MR) is 114 cm³/mol. The summed E-state index contributed by atoms with van der Waals surface area (Å²) in [6, 6.07) is 17.2. The Morgan fingerprint density at radius 2 is 1.93 bits per heavy atom. The van der Waals surface area contributed by atoms with E-state index in [9.17, 15) is 4.39 Å². The van der Waals surface area contributed by atoms with Gasteiger partial charge in [0.05, 0.1) is 0 Å². The van der Waals surface area contributed by atoms with Crippen molar-refractivity contribution >= 4 is 5.82 Å². The number of pyridine rings is 2. The van der Waals surface area contributed by atoms with Crippen LogP contribution < -0.4 is 5.32 Å². The number of piperidine rings is 1. The van der Waals surface area contributed by atoms with Crippen molar-refractivity contribution in [3.63, 3.8) is 0 Å². The number of anilines is 1. The minimum Gasteiger partial charge on any atom is -0.373 e. The van der Waals surface area contributed by atoms with Gasteiger partial charge in [-0.2, -0.15) is 0 Å². The van der Waals surface area contributed by atoms with Crippen LogP contribution >= 0.6 is 0 Å². The summed E-state index contributed by atoms with van der Waals surface area (Å²) in [5.41, 5.74) is 3.95. The Kier molecular flexibility index (Phi) is 6.15. The highest BCUT2D eigenvalue weighted by Gasteiger charge is 2.23. The maximum absolute atomic E-state index is 14.0. The number of aromatic nitrogens is 2. The average molecular weight is 391 g/mol. The summed E-state index contributed by atoms with van der Waals surface area (Å²) in [7, 11) is 1.91. The number of likely N-dealkylation sites (tertiary alicyclic amines) is 1. The molecule has 3 heterocycles. The number of nitrogens with one attached hydrogen (secondary N) is 1. The van der Waals surface area contributed by atoms with Gasteiger partial charge in [-0.25, -0.2) is 9.37 Å². The molecule has 4 rings (SSSR count). The molecule has 0 saturated carbocycles. The molecule has 1 aromatic carbocycles. The molecule has 1 aliphatic rings. The van der Waals surface area contributed by atoms with E-state index in [4.69, 9.17) is 4.98 Å². The fourth-order valence-corrected chi connectivity index (χ4v) is 4.13. The van der Waals surface area contributed by atoms with Gasteiger partial charge in [0.25, 0.3) is 0 Å². The zero-order valence-corrected chi connectivity index (χ0v) is 16.8. The van der Waals surface area contributed by atoms with E-state index in [1.807, 2.05) is 37.5 Å². The van der Waals surface area contributed by atoms with Gasteiger partial charge in [0.1, 0.15) is 11.6 Å². The minimum absolute atomic E-state index is 0.166. The van der Waals surface area contributed by atoms with Crippen LogP contribution in [0, 0.1) is 5.82 Å². The van der Waals surface area contributed by atoms with Crippen LogP contribution in [0.15, 0.2) is 60.8 Å². The normalized spacial score (nSPS) is 17.2. The van der Waals surface area contributed by atoms with Gasteiger partial charge in [0.15, 0.2) is 0 Å². The summed E-state index contributed by atoms with van der Waals surface area (Å²) in [4.78, 5) is 11.8. The van der Waals surface area contributed by atoms with E-state index in [1.165, 1.54) is 11.6 Å². The molecule has 0 spiro atoms. The van der Waals surface area contributed by atoms with Crippen molar-refractivity contribution < 1.29 is 4.39 Å². The zero-order valence-electron chi connectivity index (χ0n) is 16.8. The summed E-state index contributed by atoms with van der Waals surface area (Å²) >= 11 is 0. The number of hydrogen-bond donors (Lipinski definition) is 1. The van der Waals surface area contributed by atoms with E-state index >= 15 is 0 Å². The van der Waals surface area contributed by atoms with Crippen LogP contribution in [0.1, 0.15) is 41.3 Å². The van der Waals surface area contributed by atoms with Gasteiger partial charge >= 0.3 is 0 Å².